The third-order valence-electron chi connectivity index (χ3n) is 4.85. The lowest BCUT2D eigenvalue weighted by Crippen LogP contribution is -2.25. The van der Waals surface area contributed by atoms with Crippen LogP contribution in [0.5, 0.6) is 5.75 Å². The Morgan fingerprint density at radius 1 is 1.11 bits per heavy atom. The molecule has 2 atom stereocenters. The fraction of sp³-hybridized carbons (Fsp3) is 0.238. The van der Waals surface area contributed by atoms with Crippen molar-refractivity contribution in [1.29, 1.82) is 0 Å². The van der Waals surface area contributed by atoms with E-state index in [1.807, 2.05) is 50.5 Å². The van der Waals surface area contributed by atoms with Gasteiger partial charge in [-0.3, -0.25) is 4.98 Å². The quantitative estimate of drug-likeness (QED) is 0.683. The number of hydrogen-bond donors (Lipinski definition) is 1. The Bertz CT molecular complexity index is 923. The maximum atomic E-state index is 5.56. The number of thiocarbonyl (C=S) groups is 1. The third-order valence-corrected chi connectivity index (χ3v) is 5.25. The summed E-state index contributed by atoms with van der Waals surface area (Å²) in [7, 11) is 2.03. The number of nitrogens with zero attached hydrogens (tertiary/aromatic N) is 3. The van der Waals surface area contributed by atoms with Crippen molar-refractivity contribution in [3.05, 3.63) is 78.4 Å². The van der Waals surface area contributed by atoms with Gasteiger partial charge in [-0.2, -0.15) is 0 Å². The molecule has 1 fully saturated rings. The van der Waals surface area contributed by atoms with Crippen molar-refractivity contribution >= 4 is 17.3 Å². The van der Waals surface area contributed by atoms with Gasteiger partial charge in [-0.25, -0.2) is 0 Å². The molecule has 0 radical (unpaired) electrons. The van der Waals surface area contributed by atoms with Crippen LogP contribution < -0.4 is 10.1 Å². The highest BCUT2D eigenvalue weighted by Gasteiger charge is 2.39. The van der Waals surface area contributed by atoms with E-state index in [-0.39, 0.29) is 12.1 Å². The third kappa shape index (κ3) is 3.28. The smallest absolute Gasteiger partial charge is 0.169 e. The van der Waals surface area contributed by atoms with Crippen LogP contribution in [0.4, 0.5) is 0 Å². The van der Waals surface area contributed by atoms with Gasteiger partial charge >= 0.3 is 0 Å². The molecule has 0 saturated carbocycles. The Labute approximate surface area is 164 Å². The summed E-state index contributed by atoms with van der Waals surface area (Å²) in [6.45, 7) is 2.65. The summed E-state index contributed by atoms with van der Waals surface area (Å²) in [6, 6.07) is 18.4. The van der Waals surface area contributed by atoms with E-state index in [2.05, 4.69) is 50.2 Å². The Hall–Kier alpha value is -2.86. The Kier molecular flexibility index (Phi) is 4.81. The van der Waals surface area contributed by atoms with E-state index in [0.717, 1.165) is 27.9 Å². The monoisotopic (exact) mass is 378 g/mol. The van der Waals surface area contributed by atoms with Crippen LogP contribution in [0.15, 0.2) is 67.0 Å². The second kappa shape index (κ2) is 7.40. The van der Waals surface area contributed by atoms with Gasteiger partial charge < -0.3 is 19.5 Å². The number of rotatable bonds is 5. The molecular formula is C21H22N4OS. The molecule has 1 N–H and O–H groups in total. The predicted octanol–water partition coefficient (Wildman–Crippen LogP) is 3.87. The minimum absolute atomic E-state index is 0.0000444. The Balaban J connectivity index is 1.72. The highest BCUT2D eigenvalue weighted by Crippen LogP contribution is 2.38. The van der Waals surface area contributed by atoms with Crippen LogP contribution in [0.1, 0.15) is 30.4 Å². The molecule has 1 aromatic carbocycles. The van der Waals surface area contributed by atoms with Crippen molar-refractivity contribution in [1.82, 2.24) is 19.8 Å². The van der Waals surface area contributed by atoms with E-state index in [0.29, 0.717) is 6.61 Å². The highest BCUT2D eigenvalue weighted by molar-refractivity contribution is 7.80. The van der Waals surface area contributed by atoms with E-state index in [9.17, 15) is 0 Å². The standard InChI is InChI=1S/C21H22N4OS/c1-3-26-16-11-9-15(10-12-16)25-14-6-8-18(25)20-19(23-21(27)24(20)2)17-7-4-5-13-22-17/h4-14,19-20H,3H2,1-2H3,(H,23,27)/t19-,20+/m1/s1. The number of benzene rings is 1. The fourth-order valence-electron chi connectivity index (χ4n) is 3.57. The van der Waals surface area contributed by atoms with Gasteiger partial charge in [-0.1, -0.05) is 6.07 Å². The predicted molar refractivity (Wildman–Crippen MR) is 110 cm³/mol. The normalized spacial score (nSPS) is 19.2. The molecule has 1 aliphatic rings. The van der Waals surface area contributed by atoms with Crippen molar-refractivity contribution in [2.45, 2.75) is 19.0 Å². The SMILES string of the molecule is CCOc1ccc(-n2cccc2[C@H]2[C@@H](c3ccccn3)NC(=S)N2C)cc1. The molecule has 27 heavy (non-hydrogen) atoms. The molecule has 0 aliphatic carbocycles. The van der Waals surface area contributed by atoms with Gasteiger partial charge in [-0.15, -0.1) is 0 Å². The van der Waals surface area contributed by atoms with Crippen molar-refractivity contribution in [2.24, 2.45) is 0 Å². The van der Waals surface area contributed by atoms with E-state index < -0.39 is 0 Å². The van der Waals surface area contributed by atoms with Crippen molar-refractivity contribution in [2.75, 3.05) is 13.7 Å². The minimum Gasteiger partial charge on any atom is -0.494 e. The largest absolute Gasteiger partial charge is 0.494 e. The summed E-state index contributed by atoms with van der Waals surface area (Å²) in [5.41, 5.74) is 3.22. The molecule has 0 spiro atoms. The first-order valence-corrected chi connectivity index (χ1v) is 9.44. The molecule has 5 nitrogen and oxygen atoms in total. The van der Waals surface area contributed by atoms with E-state index in [1.165, 1.54) is 0 Å². The Morgan fingerprint density at radius 3 is 2.63 bits per heavy atom. The number of likely N-dealkylation sites (N-methyl/N-ethyl adjacent to an activating group) is 1. The van der Waals surface area contributed by atoms with Gasteiger partial charge in [0.05, 0.1) is 24.4 Å². The van der Waals surface area contributed by atoms with Gasteiger partial charge in [0, 0.05) is 30.8 Å². The minimum atomic E-state index is 0.0000444. The van der Waals surface area contributed by atoms with E-state index in [4.69, 9.17) is 17.0 Å². The van der Waals surface area contributed by atoms with Gasteiger partial charge in [0.25, 0.3) is 0 Å². The van der Waals surface area contributed by atoms with Crippen LogP contribution in [0.3, 0.4) is 0 Å². The molecule has 1 aliphatic heterocycles. The van der Waals surface area contributed by atoms with Crippen LogP contribution in [0.2, 0.25) is 0 Å². The fourth-order valence-corrected chi connectivity index (χ4v) is 3.81. The van der Waals surface area contributed by atoms with Gasteiger partial charge in [0.1, 0.15) is 5.75 Å². The number of aromatic nitrogens is 2. The summed E-state index contributed by atoms with van der Waals surface area (Å²) in [5, 5.41) is 4.16. The summed E-state index contributed by atoms with van der Waals surface area (Å²) in [4.78, 5) is 6.66. The number of nitrogens with one attached hydrogen (secondary N) is 1. The van der Waals surface area contributed by atoms with Crippen molar-refractivity contribution < 1.29 is 4.74 Å². The van der Waals surface area contributed by atoms with Crippen LogP contribution in [0.25, 0.3) is 5.69 Å². The molecule has 0 amide bonds. The molecule has 1 saturated heterocycles. The van der Waals surface area contributed by atoms with Gasteiger partial charge in [-0.05, 0) is 67.7 Å². The van der Waals surface area contributed by atoms with E-state index >= 15 is 0 Å². The second-order valence-electron chi connectivity index (χ2n) is 6.47. The maximum Gasteiger partial charge on any atom is 0.169 e. The zero-order valence-electron chi connectivity index (χ0n) is 15.4. The molecule has 6 heteroatoms. The summed E-state index contributed by atoms with van der Waals surface area (Å²) < 4.78 is 7.76. The lowest BCUT2D eigenvalue weighted by atomic mass is 10.0. The molecule has 2 aromatic heterocycles. The summed E-state index contributed by atoms with van der Waals surface area (Å²) >= 11 is 5.54. The highest BCUT2D eigenvalue weighted by atomic mass is 32.1. The molecule has 3 aromatic rings. The van der Waals surface area contributed by atoms with Crippen molar-refractivity contribution in [3.8, 4) is 11.4 Å². The first-order chi connectivity index (χ1) is 13.2. The molecule has 4 rings (SSSR count). The zero-order valence-corrected chi connectivity index (χ0v) is 16.2. The molecule has 138 valence electrons. The van der Waals surface area contributed by atoms with Crippen molar-refractivity contribution in [3.63, 3.8) is 0 Å². The molecule has 0 unspecified atom stereocenters. The first kappa shape index (κ1) is 17.5. The van der Waals surface area contributed by atoms with E-state index in [1.54, 1.807) is 0 Å². The second-order valence-corrected chi connectivity index (χ2v) is 6.85. The van der Waals surface area contributed by atoms with Crippen LogP contribution in [-0.2, 0) is 0 Å². The molecular weight excluding hydrogens is 356 g/mol. The van der Waals surface area contributed by atoms with Crippen LogP contribution in [0, 0.1) is 0 Å². The number of ether oxygens (including phenoxy) is 1. The molecule has 0 bridgehead atoms. The summed E-state index contributed by atoms with van der Waals surface area (Å²) in [6.07, 6.45) is 3.90. The number of pyridine rings is 1. The number of hydrogen-bond acceptors (Lipinski definition) is 3. The van der Waals surface area contributed by atoms with Crippen LogP contribution in [-0.4, -0.2) is 33.2 Å². The van der Waals surface area contributed by atoms with Crippen LogP contribution >= 0.6 is 12.2 Å². The average Bonchev–Trinajstić information content (AvgIpc) is 3.28. The topological polar surface area (TPSA) is 42.3 Å². The first-order valence-electron chi connectivity index (χ1n) is 9.04. The Morgan fingerprint density at radius 2 is 1.93 bits per heavy atom. The summed E-state index contributed by atoms with van der Waals surface area (Å²) in [5.74, 6) is 0.877. The van der Waals surface area contributed by atoms with Gasteiger partial charge in [0.2, 0.25) is 0 Å². The maximum absolute atomic E-state index is 5.56. The zero-order chi connectivity index (χ0) is 18.8. The average molecular weight is 379 g/mol. The molecule has 3 heterocycles. The van der Waals surface area contributed by atoms with Gasteiger partial charge in [0.15, 0.2) is 5.11 Å². The lowest BCUT2D eigenvalue weighted by molar-refractivity contribution is 0.340. The lowest BCUT2D eigenvalue weighted by Gasteiger charge is -2.25.